The van der Waals surface area contributed by atoms with Gasteiger partial charge in [0, 0.05) is 16.3 Å². The lowest BCUT2D eigenvalue weighted by molar-refractivity contribution is 0.0983. The summed E-state index contributed by atoms with van der Waals surface area (Å²) in [6, 6.07) is 21.6. The molecular weight excluding hydrogens is 518 g/mol. The van der Waals surface area contributed by atoms with Gasteiger partial charge in [0.1, 0.15) is 5.76 Å². The van der Waals surface area contributed by atoms with Crippen molar-refractivity contribution in [3.63, 3.8) is 0 Å². The van der Waals surface area contributed by atoms with E-state index in [0.717, 1.165) is 15.8 Å². The van der Waals surface area contributed by atoms with Crippen molar-refractivity contribution in [2.75, 3.05) is 9.62 Å². The Morgan fingerprint density at radius 3 is 2.50 bits per heavy atom. The molecule has 0 atom stereocenters. The van der Waals surface area contributed by atoms with Gasteiger partial charge in [0.2, 0.25) is 0 Å². The molecule has 36 heavy (non-hydrogen) atoms. The number of furan rings is 1. The molecule has 1 N–H and O–H groups in total. The molecule has 2 aromatic heterocycles. The molecule has 0 unspecified atom stereocenters. The molecule has 5 rings (SSSR count). The van der Waals surface area contributed by atoms with E-state index in [2.05, 4.69) is 4.72 Å². The smallest absolute Gasteiger partial charge is 0.261 e. The van der Waals surface area contributed by atoms with Crippen LogP contribution in [0, 0.1) is 6.92 Å². The van der Waals surface area contributed by atoms with Crippen molar-refractivity contribution in [1.82, 2.24) is 4.98 Å². The Kier molecular flexibility index (Phi) is 6.53. The monoisotopic (exact) mass is 537 g/mol. The Morgan fingerprint density at radius 2 is 1.81 bits per heavy atom. The lowest BCUT2D eigenvalue weighted by Crippen LogP contribution is -2.30. The molecule has 0 fully saturated rings. The Balaban J connectivity index is 1.44. The van der Waals surface area contributed by atoms with Crippen molar-refractivity contribution in [1.29, 1.82) is 0 Å². The summed E-state index contributed by atoms with van der Waals surface area (Å²) in [6.45, 7) is 2.10. The fourth-order valence-corrected chi connectivity index (χ4v) is 6.19. The summed E-state index contributed by atoms with van der Waals surface area (Å²) in [5.74, 6) is 0.302. The third kappa shape index (κ3) is 4.99. The van der Waals surface area contributed by atoms with E-state index in [0.29, 0.717) is 27.2 Å². The van der Waals surface area contributed by atoms with E-state index in [1.165, 1.54) is 23.5 Å². The quantitative estimate of drug-likeness (QED) is 0.256. The molecular formula is C26H20ClN3O4S2. The molecule has 2 heterocycles. The maximum atomic E-state index is 13.6. The van der Waals surface area contributed by atoms with Crippen LogP contribution in [-0.2, 0) is 16.6 Å². The van der Waals surface area contributed by atoms with E-state index in [4.69, 9.17) is 21.0 Å². The van der Waals surface area contributed by atoms with Gasteiger partial charge < -0.3 is 4.42 Å². The summed E-state index contributed by atoms with van der Waals surface area (Å²) in [7, 11) is -3.74. The van der Waals surface area contributed by atoms with Gasteiger partial charge >= 0.3 is 0 Å². The number of benzene rings is 3. The number of hydrogen-bond donors (Lipinski definition) is 1. The van der Waals surface area contributed by atoms with Crippen LogP contribution >= 0.6 is 22.9 Å². The van der Waals surface area contributed by atoms with E-state index in [1.54, 1.807) is 65.8 Å². The van der Waals surface area contributed by atoms with Crippen molar-refractivity contribution >= 4 is 59.9 Å². The first-order valence-corrected chi connectivity index (χ1v) is 13.6. The van der Waals surface area contributed by atoms with E-state index < -0.39 is 10.0 Å². The lowest BCUT2D eigenvalue weighted by atomic mass is 10.2. The number of aromatic nitrogens is 1. The van der Waals surface area contributed by atoms with Gasteiger partial charge in [0.25, 0.3) is 15.9 Å². The standard InChI is InChI=1S/C26H20ClN3O4S2/c1-17-14-19(27)15-23-24(17)28-26(35-23)30(16-21-6-5-13-34-21)25(31)18-9-11-20(12-10-18)29-36(32,33)22-7-3-2-4-8-22/h2-15,29H,16H2,1H3. The number of anilines is 2. The summed E-state index contributed by atoms with van der Waals surface area (Å²) in [4.78, 5) is 20.0. The lowest BCUT2D eigenvalue weighted by Gasteiger charge is -2.19. The van der Waals surface area contributed by atoms with Gasteiger partial charge in [-0.15, -0.1) is 0 Å². The van der Waals surface area contributed by atoms with Crippen LogP contribution in [-0.4, -0.2) is 19.3 Å². The van der Waals surface area contributed by atoms with Crippen molar-refractivity contribution in [2.24, 2.45) is 0 Å². The van der Waals surface area contributed by atoms with Crippen molar-refractivity contribution in [3.8, 4) is 0 Å². The fourth-order valence-electron chi connectivity index (χ4n) is 3.69. The zero-order valence-corrected chi connectivity index (χ0v) is 21.4. The van der Waals surface area contributed by atoms with Gasteiger partial charge in [-0.05, 0) is 73.2 Å². The molecule has 0 saturated heterocycles. The van der Waals surface area contributed by atoms with E-state index >= 15 is 0 Å². The largest absolute Gasteiger partial charge is 0.467 e. The molecule has 0 aliphatic rings. The molecule has 0 aliphatic heterocycles. The van der Waals surface area contributed by atoms with Crippen LogP contribution < -0.4 is 9.62 Å². The maximum absolute atomic E-state index is 13.6. The number of halogens is 1. The Labute approximate surface area is 217 Å². The Bertz CT molecular complexity index is 1630. The number of thiazole rings is 1. The molecule has 0 saturated carbocycles. The van der Waals surface area contributed by atoms with Gasteiger partial charge in [-0.1, -0.05) is 41.1 Å². The summed E-state index contributed by atoms with van der Waals surface area (Å²) in [6.07, 6.45) is 1.55. The van der Waals surface area contributed by atoms with Gasteiger partial charge in [-0.3, -0.25) is 14.4 Å². The van der Waals surface area contributed by atoms with Crippen LogP contribution in [0.4, 0.5) is 10.8 Å². The average molecular weight is 538 g/mol. The first-order valence-electron chi connectivity index (χ1n) is 10.9. The minimum atomic E-state index is -3.74. The molecule has 10 heteroatoms. The summed E-state index contributed by atoms with van der Waals surface area (Å²) < 4.78 is 34.1. The number of nitrogens with one attached hydrogen (secondary N) is 1. The second kappa shape index (κ2) is 9.77. The first kappa shape index (κ1) is 24.1. The number of sulfonamides is 1. The van der Waals surface area contributed by atoms with E-state index in [9.17, 15) is 13.2 Å². The predicted molar refractivity (Wildman–Crippen MR) is 142 cm³/mol. The summed E-state index contributed by atoms with van der Waals surface area (Å²) >= 11 is 7.58. The number of aryl methyl sites for hydroxylation is 1. The number of nitrogens with zero attached hydrogens (tertiary/aromatic N) is 2. The van der Waals surface area contributed by atoms with Crippen LogP contribution in [0.1, 0.15) is 21.7 Å². The third-order valence-corrected chi connectivity index (χ3v) is 8.09. The highest BCUT2D eigenvalue weighted by Gasteiger charge is 2.24. The van der Waals surface area contributed by atoms with Crippen LogP contribution in [0.25, 0.3) is 10.2 Å². The number of hydrogen-bond acceptors (Lipinski definition) is 6. The number of fused-ring (bicyclic) bond motifs is 1. The molecule has 0 bridgehead atoms. The third-order valence-electron chi connectivity index (χ3n) is 5.45. The van der Waals surface area contributed by atoms with Crippen LogP contribution in [0.5, 0.6) is 0 Å². The second-order valence-electron chi connectivity index (χ2n) is 8.03. The Morgan fingerprint density at radius 1 is 1.06 bits per heavy atom. The SMILES string of the molecule is Cc1cc(Cl)cc2sc(N(Cc3ccco3)C(=O)c3ccc(NS(=O)(=O)c4ccccc4)cc3)nc12. The van der Waals surface area contributed by atoms with Crippen molar-refractivity contribution in [2.45, 2.75) is 18.4 Å². The van der Waals surface area contributed by atoms with E-state index in [1.807, 2.05) is 19.1 Å². The summed E-state index contributed by atoms with van der Waals surface area (Å²) in [5.41, 5.74) is 2.42. The molecule has 0 spiro atoms. The maximum Gasteiger partial charge on any atom is 0.261 e. The fraction of sp³-hybridized carbons (Fsp3) is 0.0769. The van der Waals surface area contributed by atoms with Gasteiger partial charge in [0.15, 0.2) is 5.13 Å². The van der Waals surface area contributed by atoms with Crippen LogP contribution in [0.15, 0.2) is 94.4 Å². The zero-order valence-electron chi connectivity index (χ0n) is 19.0. The molecule has 182 valence electrons. The molecule has 3 aromatic carbocycles. The van der Waals surface area contributed by atoms with Gasteiger partial charge in [0.05, 0.1) is 27.9 Å². The number of amides is 1. The molecule has 0 radical (unpaired) electrons. The second-order valence-corrected chi connectivity index (χ2v) is 11.2. The highest BCUT2D eigenvalue weighted by atomic mass is 35.5. The zero-order chi connectivity index (χ0) is 25.3. The van der Waals surface area contributed by atoms with Crippen molar-refractivity contribution < 1.29 is 17.6 Å². The number of carbonyl (C=O) groups is 1. The normalized spacial score (nSPS) is 11.5. The first-order chi connectivity index (χ1) is 17.3. The average Bonchev–Trinajstić information content (AvgIpc) is 3.53. The molecule has 5 aromatic rings. The number of carbonyl (C=O) groups excluding carboxylic acids is 1. The molecule has 0 aliphatic carbocycles. The summed E-state index contributed by atoms with van der Waals surface area (Å²) in [5, 5.41) is 1.11. The van der Waals surface area contributed by atoms with Gasteiger partial charge in [-0.25, -0.2) is 13.4 Å². The highest BCUT2D eigenvalue weighted by molar-refractivity contribution is 7.92. The molecule has 1 amide bonds. The van der Waals surface area contributed by atoms with Crippen LogP contribution in [0.2, 0.25) is 5.02 Å². The van der Waals surface area contributed by atoms with Gasteiger partial charge in [-0.2, -0.15) is 0 Å². The van der Waals surface area contributed by atoms with Crippen molar-refractivity contribution in [3.05, 3.63) is 107 Å². The molecule has 7 nitrogen and oxygen atoms in total. The van der Waals surface area contributed by atoms with E-state index in [-0.39, 0.29) is 17.3 Å². The highest BCUT2D eigenvalue weighted by Crippen LogP contribution is 2.34. The minimum absolute atomic E-state index is 0.154. The van der Waals surface area contributed by atoms with Crippen LogP contribution in [0.3, 0.4) is 0 Å². The minimum Gasteiger partial charge on any atom is -0.467 e. The Hall–Kier alpha value is -3.66. The predicted octanol–water partition coefficient (Wildman–Crippen LogP) is 6.50. The number of rotatable bonds is 7. The topological polar surface area (TPSA) is 92.5 Å².